The van der Waals surface area contributed by atoms with E-state index in [1.54, 1.807) is 6.92 Å². The van der Waals surface area contributed by atoms with Crippen LogP contribution in [0.2, 0.25) is 0 Å². The van der Waals surface area contributed by atoms with Gasteiger partial charge in [0.2, 0.25) is 0 Å². The van der Waals surface area contributed by atoms with Crippen LogP contribution in [0.4, 0.5) is 5.82 Å². The third-order valence-electron chi connectivity index (χ3n) is 2.85. The molecule has 0 aliphatic heterocycles. The number of carboxylic acid groups (broad SMARTS) is 1. The molecule has 0 bridgehead atoms. The summed E-state index contributed by atoms with van der Waals surface area (Å²) >= 11 is 0. The molecule has 1 atom stereocenters. The minimum atomic E-state index is -3.55. The normalized spacial score (nSPS) is 12.9. The average molecular weight is 300 g/mol. The summed E-state index contributed by atoms with van der Waals surface area (Å²) in [5.41, 5.74) is -0.0829. The Hall–Kier alpha value is -1.63. The molecule has 0 saturated heterocycles. The molecule has 0 aliphatic carbocycles. The summed E-state index contributed by atoms with van der Waals surface area (Å²) < 4.78 is 24.1. The molecule has 0 aromatic carbocycles. The van der Waals surface area contributed by atoms with Crippen LogP contribution in [0.5, 0.6) is 0 Å². The molecule has 0 saturated carbocycles. The molecule has 2 N–H and O–H groups in total. The van der Waals surface area contributed by atoms with Crippen LogP contribution in [0.3, 0.4) is 0 Å². The SMILES string of the molecule is CCCS(=O)(=O)c1cc(C(=O)O)cc(NC(C)CC)n1. The number of nitrogens with zero attached hydrogens (tertiary/aromatic N) is 1. The number of sulfone groups is 1. The number of anilines is 1. The quantitative estimate of drug-likeness (QED) is 0.801. The first-order chi connectivity index (χ1) is 9.30. The summed E-state index contributed by atoms with van der Waals surface area (Å²) in [5.74, 6) is -0.951. The van der Waals surface area contributed by atoms with Gasteiger partial charge in [-0.15, -0.1) is 0 Å². The molecule has 0 amide bonds. The van der Waals surface area contributed by atoms with E-state index < -0.39 is 15.8 Å². The van der Waals surface area contributed by atoms with Gasteiger partial charge in [0, 0.05) is 6.04 Å². The summed E-state index contributed by atoms with van der Waals surface area (Å²) in [5, 5.41) is 11.9. The van der Waals surface area contributed by atoms with Gasteiger partial charge in [0.15, 0.2) is 14.9 Å². The van der Waals surface area contributed by atoms with Gasteiger partial charge in [-0.1, -0.05) is 13.8 Å². The van der Waals surface area contributed by atoms with E-state index in [1.807, 2.05) is 13.8 Å². The van der Waals surface area contributed by atoms with E-state index in [2.05, 4.69) is 10.3 Å². The first kappa shape index (κ1) is 16.4. The number of hydrogen-bond acceptors (Lipinski definition) is 5. The topological polar surface area (TPSA) is 96.4 Å². The van der Waals surface area contributed by atoms with E-state index >= 15 is 0 Å². The maximum atomic E-state index is 12.0. The maximum absolute atomic E-state index is 12.0. The third-order valence-corrected chi connectivity index (χ3v) is 4.64. The zero-order valence-corrected chi connectivity index (χ0v) is 12.7. The Morgan fingerprint density at radius 3 is 2.55 bits per heavy atom. The minimum Gasteiger partial charge on any atom is -0.478 e. The molecule has 20 heavy (non-hydrogen) atoms. The van der Waals surface area contributed by atoms with Crippen LogP contribution in [0.25, 0.3) is 0 Å². The maximum Gasteiger partial charge on any atom is 0.335 e. The monoisotopic (exact) mass is 300 g/mol. The van der Waals surface area contributed by atoms with E-state index in [0.717, 1.165) is 12.5 Å². The second-order valence-electron chi connectivity index (χ2n) is 4.66. The molecule has 1 aromatic heterocycles. The van der Waals surface area contributed by atoms with Crippen molar-refractivity contribution in [2.24, 2.45) is 0 Å². The van der Waals surface area contributed by atoms with E-state index in [4.69, 9.17) is 5.11 Å². The fourth-order valence-corrected chi connectivity index (χ4v) is 2.88. The molecule has 1 aromatic rings. The summed E-state index contributed by atoms with van der Waals surface area (Å²) in [7, 11) is -3.55. The Kier molecular flexibility index (Phi) is 5.50. The third kappa shape index (κ3) is 4.19. The van der Waals surface area contributed by atoms with Crippen LogP contribution in [-0.4, -0.2) is 36.3 Å². The summed E-state index contributed by atoms with van der Waals surface area (Å²) in [6, 6.07) is 2.53. The molecule has 6 nitrogen and oxygen atoms in total. The van der Waals surface area contributed by atoms with Crippen molar-refractivity contribution in [2.75, 3.05) is 11.1 Å². The summed E-state index contributed by atoms with van der Waals surface area (Å²) in [6.45, 7) is 5.62. The number of aromatic carboxylic acids is 1. The molecule has 0 aliphatic rings. The Morgan fingerprint density at radius 1 is 1.40 bits per heavy atom. The number of carbonyl (C=O) groups is 1. The van der Waals surface area contributed by atoms with Gasteiger partial charge in [0.1, 0.15) is 5.82 Å². The van der Waals surface area contributed by atoms with Crippen molar-refractivity contribution in [3.63, 3.8) is 0 Å². The Morgan fingerprint density at radius 2 is 2.05 bits per heavy atom. The molecule has 1 heterocycles. The van der Waals surface area contributed by atoms with Crippen molar-refractivity contribution < 1.29 is 18.3 Å². The van der Waals surface area contributed by atoms with Gasteiger partial charge in [-0.05, 0) is 31.9 Å². The Bertz CT molecular complexity index is 584. The average Bonchev–Trinajstić information content (AvgIpc) is 2.38. The second kappa shape index (κ2) is 6.69. The second-order valence-corrected chi connectivity index (χ2v) is 6.71. The fourth-order valence-electron chi connectivity index (χ4n) is 1.59. The van der Waals surface area contributed by atoms with Crippen LogP contribution in [0.1, 0.15) is 44.0 Å². The van der Waals surface area contributed by atoms with E-state index in [-0.39, 0.29) is 28.2 Å². The highest BCUT2D eigenvalue weighted by Crippen LogP contribution is 2.17. The van der Waals surface area contributed by atoms with Gasteiger partial charge in [-0.2, -0.15) is 0 Å². The number of carboxylic acids is 1. The van der Waals surface area contributed by atoms with Crippen molar-refractivity contribution in [1.29, 1.82) is 0 Å². The van der Waals surface area contributed by atoms with Crippen molar-refractivity contribution in [3.05, 3.63) is 17.7 Å². The summed E-state index contributed by atoms with van der Waals surface area (Å²) in [4.78, 5) is 15.1. The van der Waals surface area contributed by atoms with Gasteiger partial charge in [0.25, 0.3) is 0 Å². The van der Waals surface area contributed by atoms with E-state index in [9.17, 15) is 13.2 Å². The first-order valence-electron chi connectivity index (χ1n) is 6.54. The smallest absolute Gasteiger partial charge is 0.335 e. The van der Waals surface area contributed by atoms with Gasteiger partial charge in [-0.3, -0.25) is 0 Å². The molecule has 1 unspecified atom stereocenters. The molecule has 0 radical (unpaired) electrons. The highest BCUT2D eigenvalue weighted by molar-refractivity contribution is 7.91. The van der Waals surface area contributed by atoms with Gasteiger partial charge < -0.3 is 10.4 Å². The predicted molar refractivity (Wildman–Crippen MR) is 76.9 cm³/mol. The molecular formula is C13H20N2O4S. The predicted octanol–water partition coefficient (Wildman–Crippen LogP) is 2.17. The number of nitrogens with one attached hydrogen (secondary N) is 1. The van der Waals surface area contributed by atoms with Crippen molar-refractivity contribution in [1.82, 2.24) is 4.98 Å². The number of hydrogen-bond donors (Lipinski definition) is 2. The molecule has 112 valence electrons. The van der Waals surface area contributed by atoms with E-state index in [0.29, 0.717) is 6.42 Å². The first-order valence-corrected chi connectivity index (χ1v) is 8.20. The van der Waals surface area contributed by atoms with Crippen molar-refractivity contribution in [2.45, 2.75) is 44.7 Å². The largest absolute Gasteiger partial charge is 0.478 e. The van der Waals surface area contributed by atoms with Crippen molar-refractivity contribution >= 4 is 21.6 Å². The lowest BCUT2D eigenvalue weighted by atomic mass is 10.2. The molecule has 0 fully saturated rings. The van der Waals surface area contributed by atoms with Gasteiger partial charge in [-0.25, -0.2) is 18.2 Å². The van der Waals surface area contributed by atoms with Crippen LogP contribution in [0.15, 0.2) is 17.2 Å². The van der Waals surface area contributed by atoms with Crippen LogP contribution >= 0.6 is 0 Å². The van der Waals surface area contributed by atoms with Crippen LogP contribution in [0, 0.1) is 0 Å². The minimum absolute atomic E-state index is 0.0498. The number of rotatable bonds is 7. The Labute approximate surface area is 119 Å². The Balaban J connectivity index is 3.28. The highest BCUT2D eigenvalue weighted by atomic mass is 32.2. The molecule has 1 rings (SSSR count). The standard InChI is InChI=1S/C13H20N2O4S/c1-4-6-20(18,19)12-8-10(13(16)17)7-11(15-12)14-9(3)5-2/h7-9H,4-6H2,1-3H3,(H,14,15)(H,16,17). The zero-order valence-electron chi connectivity index (χ0n) is 11.9. The lowest BCUT2D eigenvalue weighted by Gasteiger charge is -2.14. The zero-order chi connectivity index (χ0) is 15.3. The van der Waals surface area contributed by atoms with Crippen LogP contribution < -0.4 is 5.32 Å². The van der Waals surface area contributed by atoms with Gasteiger partial charge >= 0.3 is 5.97 Å². The summed E-state index contributed by atoms with van der Waals surface area (Å²) in [6.07, 6.45) is 1.27. The molecule has 0 spiro atoms. The molecular weight excluding hydrogens is 280 g/mol. The van der Waals surface area contributed by atoms with Crippen LogP contribution in [-0.2, 0) is 9.84 Å². The highest BCUT2D eigenvalue weighted by Gasteiger charge is 2.19. The lowest BCUT2D eigenvalue weighted by Crippen LogP contribution is -2.17. The fraction of sp³-hybridized carbons (Fsp3) is 0.538. The van der Waals surface area contributed by atoms with Gasteiger partial charge in [0.05, 0.1) is 11.3 Å². The van der Waals surface area contributed by atoms with Crippen molar-refractivity contribution in [3.8, 4) is 0 Å². The lowest BCUT2D eigenvalue weighted by molar-refractivity contribution is 0.0696. The number of pyridine rings is 1. The number of aromatic nitrogens is 1. The van der Waals surface area contributed by atoms with E-state index in [1.165, 1.54) is 6.07 Å². The molecule has 7 heteroatoms.